The molecule has 0 N–H and O–H groups in total. The molecule has 0 fully saturated rings. The number of rotatable bonds is 3. The first-order valence-corrected chi connectivity index (χ1v) is 9.02. The van der Waals surface area contributed by atoms with Crippen molar-refractivity contribution in [3.8, 4) is 0 Å². The fourth-order valence-corrected chi connectivity index (χ4v) is 4.01. The minimum Gasteiger partial charge on any atom is -0.545 e. The van der Waals surface area contributed by atoms with Gasteiger partial charge in [0.15, 0.2) is 5.78 Å². The number of allylic oxidation sites excluding steroid dienone is 2. The van der Waals surface area contributed by atoms with E-state index in [4.69, 9.17) is 0 Å². The normalized spacial score (nSPS) is 19.9. The molecular weight excluding hydrogens is 342 g/mol. The van der Waals surface area contributed by atoms with Gasteiger partial charge < -0.3 is 9.90 Å². The number of nitrogens with zero attached hydrogens (tertiary/aromatic N) is 1. The van der Waals surface area contributed by atoms with E-state index >= 15 is 0 Å². The highest BCUT2D eigenvalue weighted by Gasteiger charge is 2.39. The Morgan fingerprint density at radius 1 is 0.963 bits per heavy atom. The van der Waals surface area contributed by atoms with Crippen molar-refractivity contribution in [2.24, 2.45) is 0 Å². The van der Waals surface area contributed by atoms with Crippen molar-refractivity contribution in [3.05, 3.63) is 77.0 Å². The number of amides is 1. The summed E-state index contributed by atoms with van der Waals surface area (Å²) in [5.74, 6) is -1.48. The SMILES string of the molecule is O=C1CCCC2=C1[C@@H](c1ccccc1)CC(=O)N2c1ccc(C(=O)[O-])cc1. The van der Waals surface area contributed by atoms with E-state index < -0.39 is 5.97 Å². The van der Waals surface area contributed by atoms with E-state index in [-0.39, 0.29) is 29.6 Å². The second-order valence-electron chi connectivity index (χ2n) is 6.87. The maximum Gasteiger partial charge on any atom is 0.232 e. The first-order chi connectivity index (χ1) is 13.1. The monoisotopic (exact) mass is 360 g/mol. The number of carboxylic acids is 1. The van der Waals surface area contributed by atoms with Gasteiger partial charge in [0.25, 0.3) is 0 Å². The van der Waals surface area contributed by atoms with Gasteiger partial charge in [0, 0.05) is 35.7 Å². The molecule has 5 nitrogen and oxygen atoms in total. The molecule has 1 aliphatic carbocycles. The number of aromatic carboxylic acids is 1. The average Bonchev–Trinajstić information content (AvgIpc) is 2.68. The third kappa shape index (κ3) is 3.05. The molecule has 0 saturated carbocycles. The second-order valence-corrected chi connectivity index (χ2v) is 6.87. The van der Waals surface area contributed by atoms with E-state index in [2.05, 4.69) is 0 Å². The summed E-state index contributed by atoms with van der Waals surface area (Å²) >= 11 is 0. The fraction of sp³-hybridized carbons (Fsp3) is 0.227. The smallest absolute Gasteiger partial charge is 0.232 e. The molecule has 1 atom stereocenters. The zero-order valence-corrected chi connectivity index (χ0v) is 14.7. The third-order valence-corrected chi connectivity index (χ3v) is 5.24. The Hall–Kier alpha value is -3.21. The summed E-state index contributed by atoms with van der Waals surface area (Å²) in [6.45, 7) is 0. The van der Waals surface area contributed by atoms with E-state index in [0.717, 1.165) is 16.8 Å². The molecule has 0 aromatic heterocycles. The van der Waals surface area contributed by atoms with Crippen molar-refractivity contribution >= 4 is 23.3 Å². The summed E-state index contributed by atoms with van der Waals surface area (Å²) in [7, 11) is 0. The summed E-state index contributed by atoms with van der Waals surface area (Å²) in [5, 5.41) is 11.0. The number of carbonyl (C=O) groups is 3. The van der Waals surface area contributed by atoms with Gasteiger partial charge in [-0.15, -0.1) is 0 Å². The predicted octanol–water partition coefficient (Wildman–Crippen LogP) is 2.58. The lowest BCUT2D eigenvalue weighted by molar-refractivity contribution is -0.255. The highest BCUT2D eigenvalue weighted by atomic mass is 16.4. The van der Waals surface area contributed by atoms with Gasteiger partial charge in [-0.2, -0.15) is 0 Å². The standard InChI is InChI=1S/C22H19NO4/c24-19-8-4-7-18-21(19)17(14-5-2-1-3-6-14)13-20(25)23(18)16-11-9-15(10-12-16)22(26)27/h1-3,5-6,9-12,17H,4,7-8,13H2,(H,26,27)/p-1/t17-/m1/s1. The summed E-state index contributed by atoms with van der Waals surface area (Å²) in [6, 6.07) is 15.7. The van der Waals surface area contributed by atoms with Crippen LogP contribution in [0.5, 0.6) is 0 Å². The number of ketones is 1. The lowest BCUT2D eigenvalue weighted by Crippen LogP contribution is -2.40. The van der Waals surface area contributed by atoms with Crippen LogP contribution in [0.3, 0.4) is 0 Å². The molecule has 5 heteroatoms. The molecule has 4 rings (SSSR count). The van der Waals surface area contributed by atoms with Gasteiger partial charge in [0.1, 0.15) is 0 Å². The van der Waals surface area contributed by atoms with Crippen LogP contribution in [-0.2, 0) is 9.59 Å². The van der Waals surface area contributed by atoms with Crippen molar-refractivity contribution < 1.29 is 19.5 Å². The van der Waals surface area contributed by atoms with Crippen molar-refractivity contribution in [2.45, 2.75) is 31.6 Å². The van der Waals surface area contributed by atoms with Crippen molar-refractivity contribution in [3.63, 3.8) is 0 Å². The van der Waals surface area contributed by atoms with E-state index in [1.807, 2.05) is 30.3 Å². The van der Waals surface area contributed by atoms with Crippen LogP contribution in [0.1, 0.15) is 47.5 Å². The molecule has 0 radical (unpaired) electrons. The van der Waals surface area contributed by atoms with Crippen LogP contribution in [-0.4, -0.2) is 17.7 Å². The van der Waals surface area contributed by atoms with Crippen LogP contribution in [0.15, 0.2) is 65.9 Å². The Balaban J connectivity index is 1.81. The molecule has 1 aliphatic heterocycles. The topological polar surface area (TPSA) is 77.5 Å². The summed E-state index contributed by atoms with van der Waals surface area (Å²) < 4.78 is 0. The number of carboxylic acid groups (broad SMARTS) is 1. The summed E-state index contributed by atoms with van der Waals surface area (Å²) in [6.07, 6.45) is 2.07. The number of carbonyl (C=O) groups excluding carboxylic acids is 3. The maximum absolute atomic E-state index is 13.0. The number of Topliss-reactive ketones (excluding diaryl/α,β-unsaturated/α-hetero) is 1. The summed E-state index contributed by atoms with van der Waals surface area (Å²) in [5.41, 5.74) is 3.08. The predicted molar refractivity (Wildman–Crippen MR) is 97.9 cm³/mol. The van der Waals surface area contributed by atoms with Gasteiger partial charge in [-0.1, -0.05) is 42.5 Å². The Morgan fingerprint density at radius 3 is 2.33 bits per heavy atom. The molecule has 0 saturated heterocycles. The van der Waals surface area contributed by atoms with Crippen molar-refractivity contribution in [1.29, 1.82) is 0 Å². The lowest BCUT2D eigenvalue weighted by atomic mass is 9.77. The van der Waals surface area contributed by atoms with Crippen LogP contribution < -0.4 is 10.0 Å². The molecule has 136 valence electrons. The molecule has 1 heterocycles. The quantitative estimate of drug-likeness (QED) is 0.843. The zero-order valence-electron chi connectivity index (χ0n) is 14.7. The molecule has 2 aromatic carbocycles. The van der Waals surface area contributed by atoms with Crippen molar-refractivity contribution in [1.82, 2.24) is 0 Å². The molecule has 27 heavy (non-hydrogen) atoms. The molecule has 0 spiro atoms. The Morgan fingerprint density at radius 2 is 1.67 bits per heavy atom. The van der Waals surface area contributed by atoms with E-state index in [1.165, 1.54) is 12.1 Å². The van der Waals surface area contributed by atoms with Crippen molar-refractivity contribution in [2.75, 3.05) is 4.90 Å². The number of benzene rings is 2. The van der Waals surface area contributed by atoms with Crippen LogP contribution in [0.4, 0.5) is 5.69 Å². The first kappa shape index (κ1) is 17.2. The Labute approximate surface area is 156 Å². The van der Waals surface area contributed by atoms with Gasteiger partial charge >= 0.3 is 0 Å². The zero-order chi connectivity index (χ0) is 19.0. The molecule has 2 aliphatic rings. The van der Waals surface area contributed by atoms with Crippen LogP contribution >= 0.6 is 0 Å². The Kier molecular flexibility index (Phi) is 4.36. The number of hydrogen-bond donors (Lipinski definition) is 0. The third-order valence-electron chi connectivity index (χ3n) is 5.24. The van der Waals surface area contributed by atoms with Gasteiger partial charge in [0.05, 0.1) is 5.97 Å². The second kappa shape index (κ2) is 6.83. The van der Waals surface area contributed by atoms with Crippen LogP contribution in [0.25, 0.3) is 0 Å². The van der Waals surface area contributed by atoms with Gasteiger partial charge in [-0.25, -0.2) is 0 Å². The maximum atomic E-state index is 13.0. The fourth-order valence-electron chi connectivity index (χ4n) is 4.01. The van der Waals surface area contributed by atoms with Crippen LogP contribution in [0.2, 0.25) is 0 Å². The van der Waals surface area contributed by atoms with Gasteiger partial charge in [0.2, 0.25) is 5.91 Å². The van der Waals surface area contributed by atoms with Crippen LogP contribution in [0, 0.1) is 0 Å². The van der Waals surface area contributed by atoms with E-state index in [1.54, 1.807) is 17.0 Å². The molecule has 0 bridgehead atoms. The molecule has 0 unspecified atom stereocenters. The first-order valence-electron chi connectivity index (χ1n) is 9.02. The highest BCUT2D eigenvalue weighted by Crippen LogP contribution is 2.43. The van der Waals surface area contributed by atoms with Gasteiger partial charge in [-0.05, 0) is 36.1 Å². The summed E-state index contributed by atoms with van der Waals surface area (Å²) in [4.78, 5) is 38.3. The van der Waals surface area contributed by atoms with Gasteiger partial charge in [-0.3, -0.25) is 14.5 Å². The highest BCUT2D eigenvalue weighted by molar-refractivity contribution is 6.07. The lowest BCUT2D eigenvalue weighted by Gasteiger charge is -2.38. The molecule has 2 aromatic rings. The average molecular weight is 360 g/mol. The minimum atomic E-state index is -1.26. The Bertz CT molecular complexity index is 944. The number of anilines is 1. The number of hydrogen-bond acceptors (Lipinski definition) is 4. The minimum absolute atomic E-state index is 0.0549. The largest absolute Gasteiger partial charge is 0.545 e. The van der Waals surface area contributed by atoms with E-state index in [9.17, 15) is 19.5 Å². The molecular formula is C22H18NO4-. The van der Waals surface area contributed by atoms with E-state index in [0.29, 0.717) is 24.9 Å². The molecule has 1 amide bonds.